The maximum absolute atomic E-state index is 12.1. The van der Waals surface area contributed by atoms with E-state index < -0.39 is 24.7 Å². The number of benzene rings is 1. The lowest BCUT2D eigenvalue weighted by Gasteiger charge is -2.15. The van der Waals surface area contributed by atoms with Crippen molar-refractivity contribution >= 4 is 11.6 Å². The summed E-state index contributed by atoms with van der Waals surface area (Å²) in [6.07, 6.45) is -4.01. The Balaban J connectivity index is 2.76. The maximum atomic E-state index is 12.1. The van der Waals surface area contributed by atoms with Gasteiger partial charge in [-0.15, -0.1) is 0 Å². The van der Waals surface area contributed by atoms with Gasteiger partial charge in [0.05, 0.1) is 11.7 Å². The van der Waals surface area contributed by atoms with Gasteiger partial charge in [0, 0.05) is 0 Å². The van der Waals surface area contributed by atoms with E-state index in [0.29, 0.717) is 6.42 Å². The van der Waals surface area contributed by atoms with E-state index >= 15 is 0 Å². The number of carbonyl (C=O) groups excluding carboxylic acids is 1. The summed E-state index contributed by atoms with van der Waals surface area (Å²) in [4.78, 5) is 11.6. The zero-order valence-electron chi connectivity index (χ0n) is 10.3. The average molecular weight is 276 g/mol. The van der Waals surface area contributed by atoms with Gasteiger partial charge in [-0.2, -0.15) is 13.2 Å². The van der Waals surface area contributed by atoms with Gasteiger partial charge in [-0.1, -0.05) is 19.1 Å². The molecule has 0 saturated carbocycles. The first kappa shape index (κ1) is 15.3. The standard InChI is InChI=1S/C12H15F3N2O2/c1-2-8(16)11(18)17-9-5-3-4-6-10(9)19-7-12(13,14)15/h3-6,8H,2,7,16H2,1H3,(H,17,18)/t8-/m1/s1. The van der Waals surface area contributed by atoms with Crippen molar-refractivity contribution in [2.45, 2.75) is 25.6 Å². The molecule has 1 atom stereocenters. The van der Waals surface area contributed by atoms with E-state index in [9.17, 15) is 18.0 Å². The summed E-state index contributed by atoms with van der Waals surface area (Å²) < 4.78 is 40.9. The number of para-hydroxylation sites is 2. The Morgan fingerprint density at radius 1 is 1.42 bits per heavy atom. The third-order valence-electron chi connectivity index (χ3n) is 2.31. The molecule has 106 valence electrons. The summed E-state index contributed by atoms with van der Waals surface area (Å²) >= 11 is 0. The molecule has 0 radical (unpaired) electrons. The van der Waals surface area contributed by atoms with Gasteiger partial charge in [0.1, 0.15) is 5.75 Å². The first-order valence-corrected chi connectivity index (χ1v) is 5.68. The van der Waals surface area contributed by atoms with Crippen molar-refractivity contribution in [2.75, 3.05) is 11.9 Å². The molecule has 19 heavy (non-hydrogen) atoms. The fourth-order valence-corrected chi connectivity index (χ4v) is 1.27. The lowest BCUT2D eigenvalue weighted by atomic mass is 10.2. The minimum atomic E-state index is -4.43. The molecule has 0 aromatic heterocycles. The number of alkyl halides is 3. The predicted octanol–water partition coefficient (Wildman–Crippen LogP) is 2.30. The molecule has 7 heteroatoms. The lowest BCUT2D eigenvalue weighted by molar-refractivity contribution is -0.153. The Hall–Kier alpha value is -1.76. The van der Waals surface area contributed by atoms with Crippen LogP contribution in [0.4, 0.5) is 18.9 Å². The van der Waals surface area contributed by atoms with E-state index in [1.165, 1.54) is 18.2 Å². The smallest absolute Gasteiger partial charge is 0.422 e. The van der Waals surface area contributed by atoms with Gasteiger partial charge in [-0.05, 0) is 18.6 Å². The minimum Gasteiger partial charge on any atom is -0.482 e. The molecule has 1 aromatic rings. The topological polar surface area (TPSA) is 64.4 Å². The number of hydrogen-bond acceptors (Lipinski definition) is 3. The molecule has 0 saturated heterocycles. The Labute approximate surface area is 108 Å². The highest BCUT2D eigenvalue weighted by Crippen LogP contribution is 2.26. The molecule has 0 bridgehead atoms. The van der Waals surface area contributed by atoms with Crippen LogP contribution in [-0.4, -0.2) is 24.7 Å². The number of nitrogens with two attached hydrogens (primary N) is 1. The van der Waals surface area contributed by atoms with Crippen molar-refractivity contribution in [3.63, 3.8) is 0 Å². The second-order valence-electron chi connectivity index (χ2n) is 3.90. The number of hydrogen-bond donors (Lipinski definition) is 2. The van der Waals surface area contributed by atoms with Crippen LogP contribution in [0, 0.1) is 0 Å². The molecular formula is C12H15F3N2O2. The number of rotatable bonds is 5. The maximum Gasteiger partial charge on any atom is 0.422 e. The van der Waals surface area contributed by atoms with Crippen LogP contribution in [0.3, 0.4) is 0 Å². The van der Waals surface area contributed by atoms with Gasteiger partial charge in [-0.3, -0.25) is 4.79 Å². The van der Waals surface area contributed by atoms with Crippen LogP contribution in [-0.2, 0) is 4.79 Å². The molecule has 1 aromatic carbocycles. The fourth-order valence-electron chi connectivity index (χ4n) is 1.27. The third-order valence-corrected chi connectivity index (χ3v) is 2.31. The Kier molecular flexibility index (Phi) is 5.17. The van der Waals surface area contributed by atoms with Crippen LogP contribution in [0.5, 0.6) is 5.75 Å². The highest BCUT2D eigenvalue weighted by molar-refractivity contribution is 5.95. The molecule has 0 aliphatic carbocycles. The summed E-state index contributed by atoms with van der Waals surface area (Å²) in [5, 5.41) is 2.44. The SMILES string of the molecule is CC[C@@H](N)C(=O)Nc1ccccc1OCC(F)(F)F. The van der Waals surface area contributed by atoms with Crippen molar-refractivity contribution in [1.82, 2.24) is 0 Å². The Morgan fingerprint density at radius 2 is 2.05 bits per heavy atom. The van der Waals surface area contributed by atoms with E-state index in [-0.39, 0.29) is 11.4 Å². The predicted molar refractivity (Wildman–Crippen MR) is 64.9 cm³/mol. The Bertz CT molecular complexity index is 435. The number of nitrogens with one attached hydrogen (secondary N) is 1. The van der Waals surface area contributed by atoms with E-state index in [1.807, 2.05) is 0 Å². The molecular weight excluding hydrogens is 261 g/mol. The van der Waals surface area contributed by atoms with Crippen LogP contribution >= 0.6 is 0 Å². The minimum absolute atomic E-state index is 0.0449. The van der Waals surface area contributed by atoms with Crippen molar-refractivity contribution in [2.24, 2.45) is 5.73 Å². The molecule has 0 aliphatic rings. The number of halogens is 3. The normalized spacial score (nSPS) is 12.9. The van der Waals surface area contributed by atoms with E-state index in [2.05, 4.69) is 10.1 Å². The largest absolute Gasteiger partial charge is 0.482 e. The van der Waals surface area contributed by atoms with Crippen LogP contribution < -0.4 is 15.8 Å². The highest BCUT2D eigenvalue weighted by Gasteiger charge is 2.29. The second-order valence-corrected chi connectivity index (χ2v) is 3.90. The third kappa shape index (κ3) is 5.17. The number of ether oxygens (including phenoxy) is 1. The molecule has 0 heterocycles. The van der Waals surface area contributed by atoms with E-state index in [0.717, 1.165) is 0 Å². The first-order chi connectivity index (χ1) is 8.83. The fraction of sp³-hybridized carbons (Fsp3) is 0.417. The van der Waals surface area contributed by atoms with Gasteiger partial charge in [0.15, 0.2) is 6.61 Å². The van der Waals surface area contributed by atoms with Gasteiger partial charge in [-0.25, -0.2) is 0 Å². The summed E-state index contributed by atoms with van der Waals surface area (Å²) in [5.74, 6) is -0.512. The van der Waals surface area contributed by atoms with Gasteiger partial charge < -0.3 is 15.8 Å². The second kappa shape index (κ2) is 6.42. The van der Waals surface area contributed by atoms with Crippen molar-refractivity contribution in [1.29, 1.82) is 0 Å². The van der Waals surface area contributed by atoms with Crippen LogP contribution in [0.15, 0.2) is 24.3 Å². The number of amides is 1. The summed E-state index contributed by atoms with van der Waals surface area (Å²) in [6.45, 7) is 0.315. The van der Waals surface area contributed by atoms with Gasteiger partial charge in [0.25, 0.3) is 0 Å². The molecule has 0 unspecified atom stereocenters. The summed E-state index contributed by atoms with van der Waals surface area (Å²) in [5.41, 5.74) is 5.69. The first-order valence-electron chi connectivity index (χ1n) is 5.68. The van der Waals surface area contributed by atoms with E-state index in [4.69, 9.17) is 5.73 Å². The molecule has 3 N–H and O–H groups in total. The van der Waals surface area contributed by atoms with Crippen molar-refractivity contribution in [3.8, 4) is 5.75 Å². The highest BCUT2D eigenvalue weighted by atomic mass is 19.4. The molecule has 0 spiro atoms. The van der Waals surface area contributed by atoms with Crippen molar-refractivity contribution in [3.05, 3.63) is 24.3 Å². The monoisotopic (exact) mass is 276 g/mol. The number of anilines is 1. The quantitative estimate of drug-likeness (QED) is 0.867. The van der Waals surface area contributed by atoms with Gasteiger partial charge >= 0.3 is 6.18 Å². The van der Waals surface area contributed by atoms with Crippen LogP contribution in [0.2, 0.25) is 0 Å². The molecule has 0 fully saturated rings. The average Bonchev–Trinajstić information content (AvgIpc) is 2.35. The van der Waals surface area contributed by atoms with Crippen molar-refractivity contribution < 1.29 is 22.7 Å². The zero-order valence-corrected chi connectivity index (χ0v) is 10.3. The molecule has 1 amide bonds. The van der Waals surface area contributed by atoms with E-state index in [1.54, 1.807) is 13.0 Å². The molecule has 1 rings (SSSR count). The van der Waals surface area contributed by atoms with Crippen LogP contribution in [0.1, 0.15) is 13.3 Å². The lowest BCUT2D eigenvalue weighted by Crippen LogP contribution is -2.35. The van der Waals surface area contributed by atoms with Crippen LogP contribution in [0.25, 0.3) is 0 Å². The molecule has 4 nitrogen and oxygen atoms in total. The molecule has 0 aliphatic heterocycles. The zero-order chi connectivity index (χ0) is 14.5. The summed E-state index contributed by atoms with van der Waals surface area (Å²) in [7, 11) is 0. The Morgan fingerprint density at radius 3 is 2.63 bits per heavy atom. The summed E-state index contributed by atoms with van der Waals surface area (Å²) in [6, 6.07) is 5.18. The van der Waals surface area contributed by atoms with Gasteiger partial charge in [0.2, 0.25) is 5.91 Å². The number of carbonyl (C=O) groups is 1.